The van der Waals surface area contributed by atoms with Crippen LogP contribution in [0.3, 0.4) is 0 Å². The van der Waals surface area contributed by atoms with E-state index in [1.807, 2.05) is 26.0 Å². The minimum atomic E-state index is -3.15. The van der Waals surface area contributed by atoms with Gasteiger partial charge in [0.1, 0.15) is 10.8 Å². The smallest absolute Gasteiger partial charge is 0.287 e. The van der Waals surface area contributed by atoms with Gasteiger partial charge in [-0.25, -0.2) is 23.1 Å². The van der Waals surface area contributed by atoms with Gasteiger partial charge in [0, 0.05) is 41.6 Å². The van der Waals surface area contributed by atoms with Crippen LogP contribution in [0, 0.1) is 5.82 Å². The number of hydrogen-bond donors (Lipinski definition) is 0. The molecular formula is C26H24F3N3O2S. The third kappa shape index (κ3) is 5.30. The lowest BCUT2D eigenvalue weighted by Gasteiger charge is -2.38. The molecule has 5 rings (SSSR count). The van der Waals surface area contributed by atoms with Gasteiger partial charge in [0.2, 0.25) is 5.88 Å². The Hall–Kier alpha value is -3.46. The molecule has 182 valence electrons. The summed E-state index contributed by atoms with van der Waals surface area (Å²) in [5.41, 5.74) is 1.16. The van der Waals surface area contributed by atoms with Gasteiger partial charge < -0.3 is 9.64 Å². The van der Waals surface area contributed by atoms with E-state index in [0.29, 0.717) is 16.1 Å². The molecule has 0 radical (unpaired) electrons. The largest absolute Gasteiger partial charge is 0.466 e. The Balaban J connectivity index is 0.00000141. The van der Waals surface area contributed by atoms with E-state index in [-0.39, 0.29) is 24.5 Å². The number of amides is 1. The van der Waals surface area contributed by atoms with E-state index >= 15 is 0 Å². The number of benzene rings is 2. The van der Waals surface area contributed by atoms with Crippen LogP contribution in [0.4, 0.5) is 13.2 Å². The number of carbonyl (C=O) groups excluding carboxylic acids is 1. The van der Waals surface area contributed by atoms with Gasteiger partial charge >= 0.3 is 0 Å². The number of halogens is 3. The van der Waals surface area contributed by atoms with E-state index < -0.39 is 30.2 Å². The highest BCUT2D eigenvalue weighted by Crippen LogP contribution is 2.34. The Morgan fingerprint density at radius 3 is 2.71 bits per heavy atom. The summed E-state index contributed by atoms with van der Waals surface area (Å²) in [5.74, 6) is -4.23. The van der Waals surface area contributed by atoms with Gasteiger partial charge in [0.25, 0.3) is 11.8 Å². The Bertz CT molecular complexity index is 1310. The van der Waals surface area contributed by atoms with Crippen molar-refractivity contribution in [2.75, 3.05) is 13.1 Å². The van der Waals surface area contributed by atoms with E-state index in [9.17, 15) is 18.0 Å². The molecule has 9 heteroatoms. The fourth-order valence-electron chi connectivity index (χ4n) is 3.84. The van der Waals surface area contributed by atoms with Crippen molar-refractivity contribution < 1.29 is 22.7 Å². The van der Waals surface area contributed by atoms with Gasteiger partial charge in [-0.2, -0.15) is 0 Å². The van der Waals surface area contributed by atoms with Gasteiger partial charge in [-0.15, -0.1) is 11.3 Å². The molecule has 1 aliphatic rings. The molecule has 0 bridgehead atoms. The monoisotopic (exact) mass is 499 g/mol. The van der Waals surface area contributed by atoms with E-state index in [4.69, 9.17) is 4.74 Å². The molecule has 3 heterocycles. The van der Waals surface area contributed by atoms with Crippen molar-refractivity contribution in [1.29, 1.82) is 0 Å². The molecule has 1 saturated heterocycles. The standard InChI is InChI=1S/C24H18F3N3O2S.C2H6/c25-16-6-7-17(22-28-10-12-33-22)18(13-16)23(31)30-11-9-24(26,27)20(14-30)32-21-8-5-15-3-1-2-4-19(15)29-21;1-2/h1-8,10,12-13,20H,9,11,14H2;1-2H3. The van der Waals surface area contributed by atoms with Crippen LogP contribution in [0.5, 0.6) is 5.88 Å². The normalized spacial score (nSPS) is 16.9. The van der Waals surface area contributed by atoms with Crippen LogP contribution in [-0.4, -0.2) is 45.9 Å². The van der Waals surface area contributed by atoms with Crippen molar-refractivity contribution in [1.82, 2.24) is 14.9 Å². The number of alkyl halides is 2. The average molecular weight is 500 g/mol. The van der Waals surface area contributed by atoms with Gasteiger partial charge in [0.05, 0.1) is 17.6 Å². The van der Waals surface area contributed by atoms with Gasteiger partial charge in [-0.3, -0.25) is 4.79 Å². The highest BCUT2D eigenvalue weighted by atomic mass is 32.1. The molecule has 1 fully saturated rings. The predicted octanol–water partition coefficient (Wildman–Crippen LogP) is 6.45. The number of aromatic nitrogens is 2. The van der Waals surface area contributed by atoms with Crippen LogP contribution in [0.25, 0.3) is 21.5 Å². The molecule has 35 heavy (non-hydrogen) atoms. The van der Waals surface area contributed by atoms with Gasteiger partial charge in [-0.05, 0) is 30.3 Å². The second-order valence-corrected chi connectivity index (χ2v) is 8.63. The number of hydrogen-bond acceptors (Lipinski definition) is 5. The van der Waals surface area contributed by atoms with Crippen molar-refractivity contribution in [3.8, 4) is 16.5 Å². The van der Waals surface area contributed by atoms with Crippen LogP contribution in [0.1, 0.15) is 30.6 Å². The van der Waals surface area contributed by atoms with Crippen LogP contribution < -0.4 is 4.74 Å². The second-order valence-electron chi connectivity index (χ2n) is 7.74. The zero-order chi connectivity index (χ0) is 25.0. The first kappa shape index (κ1) is 24.7. The SMILES string of the molecule is CC.O=C(c1cc(F)ccc1-c1nccs1)N1CCC(F)(F)C(Oc2ccc3ccccc3n2)C1. The van der Waals surface area contributed by atoms with Crippen molar-refractivity contribution in [3.05, 3.63) is 77.6 Å². The average Bonchev–Trinajstić information content (AvgIpc) is 3.41. The molecule has 1 unspecified atom stereocenters. The summed E-state index contributed by atoms with van der Waals surface area (Å²) >= 11 is 1.31. The summed E-state index contributed by atoms with van der Waals surface area (Å²) in [7, 11) is 0. The molecule has 1 amide bonds. The number of fused-ring (bicyclic) bond motifs is 1. The van der Waals surface area contributed by atoms with Crippen LogP contribution in [-0.2, 0) is 0 Å². The topological polar surface area (TPSA) is 55.3 Å². The number of piperidine rings is 1. The second kappa shape index (κ2) is 10.4. The molecule has 1 atom stereocenters. The molecule has 5 nitrogen and oxygen atoms in total. The molecule has 0 saturated carbocycles. The molecule has 2 aromatic heterocycles. The zero-order valence-electron chi connectivity index (χ0n) is 19.2. The van der Waals surface area contributed by atoms with Crippen molar-refractivity contribution in [2.45, 2.75) is 32.3 Å². The highest BCUT2D eigenvalue weighted by molar-refractivity contribution is 7.13. The number of thiazole rings is 1. The Kier molecular flexibility index (Phi) is 7.35. The van der Waals surface area contributed by atoms with Gasteiger partial charge in [-0.1, -0.05) is 32.0 Å². The summed E-state index contributed by atoms with van der Waals surface area (Å²) in [6.07, 6.45) is -0.570. The fourth-order valence-corrected chi connectivity index (χ4v) is 4.52. The van der Waals surface area contributed by atoms with Crippen LogP contribution in [0.2, 0.25) is 0 Å². The fraction of sp³-hybridized carbons (Fsp3) is 0.269. The Morgan fingerprint density at radius 2 is 1.94 bits per heavy atom. The maximum atomic E-state index is 14.7. The molecule has 4 aromatic rings. The number of rotatable bonds is 4. The highest BCUT2D eigenvalue weighted by Gasteiger charge is 2.47. The molecule has 0 aliphatic carbocycles. The number of nitrogens with zero attached hydrogens (tertiary/aromatic N) is 3. The van der Waals surface area contributed by atoms with Crippen LogP contribution in [0.15, 0.2) is 66.2 Å². The van der Waals surface area contributed by atoms with E-state index in [0.717, 1.165) is 11.5 Å². The summed E-state index contributed by atoms with van der Waals surface area (Å²) in [6.45, 7) is 3.47. The maximum Gasteiger partial charge on any atom is 0.287 e. The lowest BCUT2D eigenvalue weighted by atomic mass is 10.0. The lowest BCUT2D eigenvalue weighted by molar-refractivity contribution is -0.131. The summed E-state index contributed by atoms with van der Waals surface area (Å²) < 4.78 is 49.0. The minimum Gasteiger partial charge on any atom is -0.466 e. The summed E-state index contributed by atoms with van der Waals surface area (Å²) in [6, 6.07) is 14.4. The number of carbonyl (C=O) groups is 1. The molecule has 2 aromatic carbocycles. The first-order valence-electron chi connectivity index (χ1n) is 11.3. The lowest BCUT2D eigenvalue weighted by Crippen LogP contribution is -2.55. The number of pyridine rings is 1. The molecule has 1 aliphatic heterocycles. The van der Waals surface area contributed by atoms with E-state index in [1.54, 1.807) is 29.8 Å². The van der Waals surface area contributed by atoms with Crippen molar-refractivity contribution in [2.24, 2.45) is 0 Å². The predicted molar refractivity (Wildman–Crippen MR) is 130 cm³/mol. The third-order valence-corrected chi connectivity index (χ3v) is 6.38. The molecule has 0 N–H and O–H groups in total. The van der Waals surface area contributed by atoms with Gasteiger partial charge in [0.15, 0.2) is 6.10 Å². The first-order valence-corrected chi connectivity index (χ1v) is 12.2. The van der Waals surface area contributed by atoms with E-state index in [2.05, 4.69) is 9.97 Å². The van der Waals surface area contributed by atoms with Crippen LogP contribution >= 0.6 is 11.3 Å². The summed E-state index contributed by atoms with van der Waals surface area (Å²) in [4.78, 5) is 23.0. The molecule has 0 spiro atoms. The number of para-hydroxylation sites is 1. The summed E-state index contributed by atoms with van der Waals surface area (Å²) in [5, 5.41) is 3.15. The Morgan fingerprint density at radius 1 is 1.14 bits per heavy atom. The maximum absolute atomic E-state index is 14.7. The van der Waals surface area contributed by atoms with Crippen molar-refractivity contribution in [3.63, 3.8) is 0 Å². The van der Waals surface area contributed by atoms with E-state index in [1.165, 1.54) is 34.4 Å². The van der Waals surface area contributed by atoms with Crippen molar-refractivity contribution >= 4 is 28.1 Å². The first-order chi connectivity index (χ1) is 16.9. The zero-order valence-corrected chi connectivity index (χ0v) is 20.1. The number of likely N-dealkylation sites (tertiary alicyclic amines) is 1. The quantitative estimate of drug-likeness (QED) is 0.324. The Labute approximate surface area is 205 Å². The third-order valence-electron chi connectivity index (χ3n) is 5.57. The number of ether oxygens (including phenoxy) is 1. The molecular weight excluding hydrogens is 475 g/mol. The minimum absolute atomic E-state index is 0.0573.